The molecule has 0 bridgehead atoms. The fraction of sp³-hybridized carbons (Fsp3) is 0.0476. The number of hydrogen-bond donors (Lipinski definition) is 1. The minimum absolute atomic E-state index is 0. The summed E-state index contributed by atoms with van der Waals surface area (Å²) in [5.74, 6) is -3.49. The maximum absolute atomic E-state index is 14.6. The molecule has 0 aliphatic heterocycles. The number of carbonyl (C=O) groups excluding carboxylic acids is 1. The number of halogens is 5. The summed E-state index contributed by atoms with van der Waals surface area (Å²) in [6.07, 6.45) is -3.53. The Morgan fingerprint density at radius 3 is 2.42 bits per heavy atom. The molecule has 4 rings (SSSR count). The number of rotatable bonds is 3. The number of pyridine rings is 1. The van der Waals surface area contributed by atoms with Gasteiger partial charge < -0.3 is 5.11 Å². The fourth-order valence-electron chi connectivity index (χ4n) is 3.21. The molecule has 164 valence electrons. The molecule has 2 heterocycles. The van der Waals surface area contributed by atoms with Gasteiger partial charge in [-0.3, -0.25) is 9.78 Å². The number of carbonyl (C=O) groups is 2. The van der Waals surface area contributed by atoms with Crippen molar-refractivity contribution < 1.29 is 32.3 Å². The van der Waals surface area contributed by atoms with E-state index in [4.69, 9.17) is 16.7 Å². The number of nitrogens with zero attached hydrogens (tertiary/aromatic N) is 3. The quantitative estimate of drug-likeness (QED) is 0.336. The number of aromatic carboxylic acids is 1. The summed E-state index contributed by atoms with van der Waals surface area (Å²) >= 11 is 5.93. The minimum atomic E-state index is -4.86. The molecule has 0 saturated heterocycles. The molecule has 0 aliphatic rings. The predicted octanol–water partition coefficient (Wildman–Crippen LogP) is 4.65. The molecule has 2 aromatic heterocycles. The van der Waals surface area contributed by atoms with Crippen LogP contribution in [0, 0.1) is 5.82 Å². The van der Waals surface area contributed by atoms with Crippen molar-refractivity contribution in [3.8, 4) is 11.3 Å². The number of hydrogen-bond acceptors (Lipinski definition) is 4. The van der Waals surface area contributed by atoms with Crippen LogP contribution in [0.2, 0.25) is 5.02 Å². The van der Waals surface area contributed by atoms with Gasteiger partial charge in [-0.1, -0.05) is 17.7 Å². The first-order chi connectivity index (χ1) is 15.1. The van der Waals surface area contributed by atoms with Gasteiger partial charge in [-0.2, -0.15) is 23.0 Å². The van der Waals surface area contributed by atoms with Crippen molar-refractivity contribution in [2.45, 2.75) is 6.18 Å². The Morgan fingerprint density at radius 1 is 1.06 bits per heavy atom. The Bertz CT molecular complexity index is 1410. The molecule has 0 amide bonds. The molecule has 0 aliphatic carbocycles. The van der Waals surface area contributed by atoms with Gasteiger partial charge in [0.1, 0.15) is 17.0 Å². The molecule has 6 nitrogen and oxygen atoms in total. The summed E-state index contributed by atoms with van der Waals surface area (Å²) in [5, 5.41) is 12.6. The van der Waals surface area contributed by atoms with Gasteiger partial charge in [0.15, 0.2) is 0 Å². The number of alkyl halides is 3. The van der Waals surface area contributed by atoms with Gasteiger partial charge >= 0.3 is 41.7 Å². The van der Waals surface area contributed by atoms with Crippen LogP contribution in [-0.4, -0.2) is 61.3 Å². The van der Waals surface area contributed by atoms with Crippen LogP contribution in [0.1, 0.15) is 26.3 Å². The van der Waals surface area contributed by atoms with Crippen LogP contribution in [-0.2, 0) is 6.18 Å². The van der Waals surface area contributed by atoms with Gasteiger partial charge in [-0.05, 0) is 42.5 Å². The zero-order chi connectivity index (χ0) is 23.2. The number of aromatic nitrogens is 3. The standard InChI is InChI=1S/C21H10ClF4N3O3.Na.H/c22-13-4-1-3-12(21(24,25)26)16(13)19(30)29-15-5-2-8-27-18(15)17(28-29)11-7-6-10(20(31)32)9-14(11)23;;/h1-9H,(H,31,32);;. The molecule has 1 N–H and O–H groups in total. The van der Waals surface area contributed by atoms with Crippen molar-refractivity contribution in [1.82, 2.24) is 14.8 Å². The van der Waals surface area contributed by atoms with Crippen molar-refractivity contribution >= 4 is 64.1 Å². The van der Waals surface area contributed by atoms with Gasteiger partial charge in [0.25, 0.3) is 5.91 Å². The van der Waals surface area contributed by atoms with Crippen molar-refractivity contribution in [2.75, 3.05) is 0 Å². The Labute approximate surface area is 210 Å². The summed E-state index contributed by atoms with van der Waals surface area (Å²) in [4.78, 5) is 28.3. The van der Waals surface area contributed by atoms with Crippen LogP contribution in [0.15, 0.2) is 54.7 Å². The van der Waals surface area contributed by atoms with E-state index in [0.717, 1.165) is 30.3 Å². The molecule has 0 saturated carbocycles. The number of carboxylic acid groups (broad SMARTS) is 1. The van der Waals surface area contributed by atoms with E-state index in [-0.39, 0.29) is 57.4 Å². The molecule has 0 fully saturated rings. The predicted molar refractivity (Wildman–Crippen MR) is 113 cm³/mol. The van der Waals surface area contributed by atoms with E-state index in [1.54, 1.807) is 0 Å². The maximum atomic E-state index is 14.6. The molecule has 0 unspecified atom stereocenters. The van der Waals surface area contributed by atoms with E-state index < -0.39 is 40.0 Å². The van der Waals surface area contributed by atoms with Crippen LogP contribution in [0.3, 0.4) is 0 Å². The fourth-order valence-corrected chi connectivity index (χ4v) is 3.47. The molecule has 12 heteroatoms. The Morgan fingerprint density at radius 2 is 1.79 bits per heavy atom. The number of fused-ring (bicyclic) bond motifs is 1. The molecule has 0 spiro atoms. The zero-order valence-corrected chi connectivity index (χ0v) is 16.4. The zero-order valence-electron chi connectivity index (χ0n) is 15.7. The van der Waals surface area contributed by atoms with Crippen LogP contribution in [0.5, 0.6) is 0 Å². The molecular weight excluding hydrogens is 477 g/mol. The Balaban J connectivity index is 0.00000306. The first-order valence-electron chi connectivity index (χ1n) is 8.87. The third-order valence-corrected chi connectivity index (χ3v) is 4.95. The summed E-state index contributed by atoms with van der Waals surface area (Å²) in [5.41, 5.74) is -2.66. The number of carboxylic acids is 1. The summed E-state index contributed by atoms with van der Waals surface area (Å²) in [6, 6.07) is 8.77. The van der Waals surface area contributed by atoms with Gasteiger partial charge in [0.2, 0.25) is 0 Å². The Hall–Kier alpha value is -2.79. The van der Waals surface area contributed by atoms with E-state index in [2.05, 4.69) is 10.1 Å². The van der Waals surface area contributed by atoms with Gasteiger partial charge in [0.05, 0.1) is 27.2 Å². The van der Waals surface area contributed by atoms with Crippen LogP contribution in [0.4, 0.5) is 17.6 Å². The van der Waals surface area contributed by atoms with Gasteiger partial charge in [-0.25, -0.2) is 9.18 Å². The van der Waals surface area contributed by atoms with Crippen LogP contribution >= 0.6 is 11.6 Å². The molecule has 4 aromatic rings. The summed E-state index contributed by atoms with van der Waals surface area (Å²) < 4.78 is 55.8. The second-order valence-corrected chi connectivity index (χ2v) is 7.00. The SMILES string of the molecule is O=C(O)c1ccc(-c2nn(C(=O)c3c(Cl)cccc3C(F)(F)F)c3cccnc23)c(F)c1.[NaH]. The third-order valence-electron chi connectivity index (χ3n) is 4.64. The van der Waals surface area contributed by atoms with Crippen molar-refractivity contribution in [1.29, 1.82) is 0 Å². The average Bonchev–Trinajstić information content (AvgIpc) is 3.12. The topological polar surface area (TPSA) is 85.1 Å². The normalized spacial score (nSPS) is 11.3. The first kappa shape index (κ1) is 24.8. The van der Waals surface area contributed by atoms with Gasteiger partial charge in [0, 0.05) is 11.8 Å². The van der Waals surface area contributed by atoms with Crippen molar-refractivity contribution in [2.24, 2.45) is 0 Å². The molecule has 0 radical (unpaired) electrons. The second kappa shape index (κ2) is 9.22. The van der Waals surface area contributed by atoms with Gasteiger partial charge in [-0.15, -0.1) is 0 Å². The van der Waals surface area contributed by atoms with E-state index in [1.807, 2.05) is 0 Å². The van der Waals surface area contributed by atoms with Crippen LogP contribution in [0.25, 0.3) is 22.3 Å². The van der Waals surface area contributed by atoms with E-state index in [1.165, 1.54) is 18.3 Å². The molecule has 33 heavy (non-hydrogen) atoms. The second-order valence-electron chi connectivity index (χ2n) is 6.60. The Kier molecular flexibility index (Phi) is 6.94. The van der Waals surface area contributed by atoms with E-state index in [0.29, 0.717) is 10.7 Å². The molecule has 0 atom stereocenters. The first-order valence-corrected chi connectivity index (χ1v) is 9.24. The third kappa shape index (κ3) is 4.51. The average molecular weight is 488 g/mol. The molecular formula is C21H11ClF4N3NaO3. The molecule has 2 aromatic carbocycles. The van der Waals surface area contributed by atoms with E-state index >= 15 is 0 Å². The van der Waals surface area contributed by atoms with Crippen molar-refractivity contribution in [3.05, 3.63) is 82.3 Å². The van der Waals surface area contributed by atoms with E-state index in [9.17, 15) is 27.2 Å². The van der Waals surface area contributed by atoms with Crippen molar-refractivity contribution in [3.63, 3.8) is 0 Å². The number of benzene rings is 2. The monoisotopic (exact) mass is 487 g/mol. The summed E-state index contributed by atoms with van der Waals surface area (Å²) in [6.45, 7) is 0. The van der Waals surface area contributed by atoms with Crippen LogP contribution < -0.4 is 0 Å². The summed E-state index contributed by atoms with van der Waals surface area (Å²) in [7, 11) is 0.